The maximum absolute atomic E-state index is 2.41. The highest BCUT2D eigenvalue weighted by atomic mass is 27.2. The molecule has 0 fully saturated rings. The van der Waals surface area contributed by atoms with E-state index >= 15 is 0 Å². The van der Waals surface area contributed by atoms with Crippen LogP contribution >= 0.6 is 0 Å². The molecule has 1 aliphatic carbocycles. The van der Waals surface area contributed by atoms with E-state index in [-0.39, 0.29) is 0 Å². The lowest BCUT2D eigenvalue weighted by atomic mass is 10.1. The molecule has 0 aromatic heterocycles. The van der Waals surface area contributed by atoms with Gasteiger partial charge >= 0.3 is 0 Å². The van der Waals surface area contributed by atoms with Crippen LogP contribution in [0.2, 0.25) is 11.6 Å². The molecule has 0 nitrogen and oxygen atoms in total. The Balaban J connectivity index is 2.42. The summed E-state index contributed by atoms with van der Waals surface area (Å²) in [7, 11) is 0. The third-order valence-electron chi connectivity index (χ3n) is 2.56. The summed E-state index contributed by atoms with van der Waals surface area (Å²) in [5.41, 5.74) is 2.99. The van der Waals surface area contributed by atoms with Crippen molar-refractivity contribution in [2.75, 3.05) is 0 Å². The zero-order valence-electron chi connectivity index (χ0n) is 7.62. The van der Waals surface area contributed by atoms with E-state index in [1.165, 1.54) is 5.56 Å². The highest BCUT2D eigenvalue weighted by Gasteiger charge is 2.22. The lowest BCUT2D eigenvalue weighted by Crippen LogP contribution is -2.11. The van der Waals surface area contributed by atoms with Gasteiger partial charge in [-0.2, -0.15) is 0 Å². The normalized spacial score (nSPS) is 19.3. The van der Waals surface area contributed by atoms with Crippen LogP contribution in [0.4, 0.5) is 0 Å². The SMILES string of the molecule is [CH3][Al]([CH3])[CH]1C=Cc2ccccc21. The predicted molar refractivity (Wildman–Crippen MR) is 55.7 cm³/mol. The van der Waals surface area contributed by atoms with Crippen molar-refractivity contribution in [3.63, 3.8) is 0 Å². The standard InChI is InChI=1S/C9H7.2CH3.Al/c1-2-5-9-7-3-6-8(9)4-1;;;/h1-7H;2*1H3;. The van der Waals surface area contributed by atoms with E-state index < -0.39 is 14.1 Å². The third kappa shape index (κ3) is 1.24. The largest absolute Gasteiger partial charge is 0.270 e. The van der Waals surface area contributed by atoms with Crippen LogP contribution in [0.3, 0.4) is 0 Å². The molecule has 0 radical (unpaired) electrons. The van der Waals surface area contributed by atoms with Gasteiger partial charge in [0.25, 0.3) is 14.1 Å². The molecule has 0 saturated carbocycles. The molecule has 1 unspecified atom stereocenters. The van der Waals surface area contributed by atoms with E-state index in [0.29, 0.717) is 0 Å². The maximum atomic E-state index is 2.41. The predicted octanol–water partition coefficient (Wildman–Crippen LogP) is 3.09. The fourth-order valence-electron chi connectivity index (χ4n) is 1.86. The zero-order chi connectivity index (χ0) is 8.55. The monoisotopic (exact) mass is 172 g/mol. The summed E-state index contributed by atoms with van der Waals surface area (Å²) in [4.78, 5) is 0. The van der Waals surface area contributed by atoms with Crippen molar-refractivity contribution in [1.82, 2.24) is 0 Å². The van der Waals surface area contributed by atoms with E-state index in [1.807, 2.05) is 0 Å². The van der Waals surface area contributed by atoms with Gasteiger partial charge in [-0.25, -0.2) is 0 Å². The first-order valence-corrected chi connectivity index (χ1v) is 7.54. The Morgan fingerprint density at radius 1 is 1.17 bits per heavy atom. The second-order valence-electron chi connectivity index (χ2n) is 3.76. The highest BCUT2D eigenvalue weighted by molar-refractivity contribution is 6.58. The Morgan fingerprint density at radius 2 is 1.92 bits per heavy atom. The minimum atomic E-state index is -0.547. The molecule has 0 amide bonds. The lowest BCUT2D eigenvalue weighted by Gasteiger charge is -2.10. The van der Waals surface area contributed by atoms with Crippen molar-refractivity contribution in [2.45, 2.75) is 16.4 Å². The van der Waals surface area contributed by atoms with Crippen LogP contribution in [0.1, 0.15) is 15.9 Å². The smallest absolute Gasteiger partial charge is 0.105 e. The van der Waals surface area contributed by atoms with Crippen molar-refractivity contribution >= 4 is 20.2 Å². The Hall–Kier alpha value is -0.508. The van der Waals surface area contributed by atoms with Gasteiger partial charge in [0.05, 0.1) is 0 Å². The fourth-order valence-corrected chi connectivity index (χ4v) is 3.44. The van der Waals surface area contributed by atoms with Gasteiger partial charge in [0.15, 0.2) is 0 Å². The maximum Gasteiger partial charge on any atom is 0.270 e. The second-order valence-corrected chi connectivity index (χ2v) is 6.96. The van der Waals surface area contributed by atoms with Crippen LogP contribution < -0.4 is 0 Å². The molecule has 0 aliphatic heterocycles. The molecule has 1 heteroatoms. The van der Waals surface area contributed by atoms with E-state index in [9.17, 15) is 0 Å². The molecular weight excluding hydrogens is 159 g/mol. The average molecular weight is 172 g/mol. The lowest BCUT2D eigenvalue weighted by molar-refractivity contribution is 1.20. The Kier molecular flexibility index (Phi) is 2.09. The second kappa shape index (κ2) is 3.09. The molecule has 2 rings (SSSR count). The van der Waals surface area contributed by atoms with Gasteiger partial charge < -0.3 is 0 Å². The van der Waals surface area contributed by atoms with Gasteiger partial charge in [-0.3, -0.25) is 0 Å². The average Bonchev–Trinajstić information content (AvgIpc) is 2.47. The van der Waals surface area contributed by atoms with E-state index in [4.69, 9.17) is 0 Å². The summed E-state index contributed by atoms with van der Waals surface area (Å²) < 4.78 is 0.779. The van der Waals surface area contributed by atoms with Gasteiger partial charge in [-0.05, 0) is 15.9 Å². The molecule has 0 saturated heterocycles. The minimum absolute atomic E-state index is 0.547. The van der Waals surface area contributed by atoms with Crippen LogP contribution in [0.5, 0.6) is 0 Å². The number of hydrogen-bond donors (Lipinski definition) is 0. The molecule has 0 N–H and O–H groups in total. The first-order chi connectivity index (χ1) is 5.79. The molecule has 12 heavy (non-hydrogen) atoms. The summed E-state index contributed by atoms with van der Waals surface area (Å²) in [5.74, 6) is 4.83. The molecule has 0 spiro atoms. The summed E-state index contributed by atoms with van der Waals surface area (Å²) >= 11 is -0.547. The van der Waals surface area contributed by atoms with Crippen molar-refractivity contribution in [1.29, 1.82) is 0 Å². The van der Waals surface area contributed by atoms with E-state index in [0.717, 1.165) is 4.78 Å². The van der Waals surface area contributed by atoms with Gasteiger partial charge in [0.1, 0.15) is 0 Å². The van der Waals surface area contributed by atoms with Crippen LogP contribution in [0, 0.1) is 0 Å². The number of allylic oxidation sites excluding steroid dienone is 1. The Bertz CT molecular complexity index is 313. The molecule has 0 bridgehead atoms. The first-order valence-electron chi connectivity index (χ1n) is 4.56. The van der Waals surface area contributed by atoms with Gasteiger partial charge in [-0.15, -0.1) is 11.6 Å². The molecule has 1 atom stereocenters. The molecule has 60 valence electrons. The molecule has 1 aromatic carbocycles. The van der Waals surface area contributed by atoms with E-state index in [1.54, 1.807) is 5.56 Å². The quantitative estimate of drug-likeness (QED) is 0.571. The van der Waals surface area contributed by atoms with Crippen molar-refractivity contribution in [3.8, 4) is 0 Å². The van der Waals surface area contributed by atoms with E-state index in [2.05, 4.69) is 48.0 Å². The molecular formula is C11H13Al. The van der Waals surface area contributed by atoms with Crippen molar-refractivity contribution in [3.05, 3.63) is 41.5 Å². The van der Waals surface area contributed by atoms with Crippen LogP contribution in [-0.4, -0.2) is 14.1 Å². The summed E-state index contributed by atoms with van der Waals surface area (Å²) in [6.45, 7) is 0. The summed E-state index contributed by atoms with van der Waals surface area (Å²) in [6, 6.07) is 8.75. The van der Waals surface area contributed by atoms with Gasteiger partial charge in [-0.1, -0.05) is 36.4 Å². The Morgan fingerprint density at radius 3 is 2.67 bits per heavy atom. The number of rotatable bonds is 1. The fraction of sp³-hybridized carbons (Fsp3) is 0.273. The summed E-state index contributed by atoms with van der Waals surface area (Å²) in [6.07, 6.45) is 4.65. The van der Waals surface area contributed by atoms with Crippen LogP contribution in [0.25, 0.3) is 6.08 Å². The number of hydrogen-bond acceptors (Lipinski definition) is 0. The minimum Gasteiger partial charge on any atom is -0.105 e. The molecule has 0 heterocycles. The van der Waals surface area contributed by atoms with Gasteiger partial charge in [0.2, 0.25) is 0 Å². The van der Waals surface area contributed by atoms with Gasteiger partial charge in [0, 0.05) is 0 Å². The van der Waals surface area contributed by atoms with Crippen molar-refractivity contribution < 1.29 is 0 Å². The summed E-state index contributed by atoms with van der Waals surface area (Å²) in [5, 5.41) is 0. The van der Waals surface area contributed by atoms with Crippen LogP contribution in [-0.2, 0) is 0 Å². The number of fused-ring (bicyclic) bond motifs is 1. The third-order valence-corrected chi connectivity index (χ3v) is 4.57. The van der Waals surface area contributed by atoms with Crippen molar-refractivity contribution in [2.24, 2.45) is 0 Å². The topological polar surface area (TPSA) is 0 Å². The zero-order valence-corrected chi connectivity index (χ0v) is 8.77. The molecule has 1 aromatic rings. The molecule has 1 aliphatic rings. The first kappa shape index (κ1) is 8.11. The number of benzene rings is 1. The highest BCUT2D eigenvalue weighted by Crippen LogP contribution is 2.31. The van der Waals surface area contributed by atoms with Crippen LogP contribution in [0.15, 0.2) is 30.3 Å². The Labute approximate surface area is 78.3 Å².